The van der Waals surface area contributed by atoms with Crippen LogP contribution in [0.2, 0.25) is 0 Å². The maximum absolute atomic E-state index is 13.5. The van der Waals surface area contributed by atoms with Gasteiger partial charge in [0.25, 0.3) is 0 Å². The fourth-order valence-electron chi connectivity index (χ4n) is 2.41. The normalized spacial score (nSPS) is 13.9. The van der Waals surface area contributed by atoms with Crippen molar-refractivity contribution in [2.24, 2.45) is 0 Å². The Bertz CT molecular complexity index is 1210. The third kappa shape index (κ3) is 3.75. The summed E-state index contributed by atoms with van der Waals surface area (Å²) >= 11 is 0.0372. The van der Waals surface area contributed by atoms with Gasteiger partial charge in [0.2, 0.25) is 0 Å². The molecule has 0 saturated carbocycles. The number of aromatic amines is 1. The average molecular weight is 479 g/mol. The molecule has 0 aromatic carbocycles. The van der Waals surface area contributed by atoms with Crippen molar-refractivity contribution in [2.75, 3.05) is 5.75 Å². The summed E-state index contributed by atoms with van der Waals surface area (Å²) in [5.41, 5.74) is -2.33. The summed E-state index contributed by atoms with van der Waals surface area (Å²) in [6, 6.07) is 0.821. The molecule has 30 heavy (non-hydrogen) atoms. The Morgan fingerprint density at radius 2 is 1.70 bits per heavy atom. The summed E-state index contributed by atoms with van der Waals surface area (Å²) < 4.78 is 128. The predicted molar refractivity (Wildman–Crippen MR) is 89.9 cm³/mol. The average Bonchev–Trinajstić information content (AvgIpc) is 3.24. The highest BCUT2D eigenvalue weighted by Gasteiger charge is 2.59. The lowest BCUT2D eigenvalue weighted by Gasteiger charge is -2.19. The lowest BCUT2D eigenvalue weighted by atomic mass is 10.1. The van der Waals surface area contributed by atoms with E-state index in [9.17, 15) is 43.5 Å². The van der Waals surface area contributed by atoms with Crippen LogP contribution in [0.4, 0.5) is 35.1 Å². The molecule has 0 aliphatic heterocycles. The maximum atomic E-state index is 13.5. The van der Waals surface area contributed by atoms with Gasteiger partial charge in [0.15, 0.2) is 21.3 Å². The summed E-state index contributed by atoms with van der Waals surface area (Å²) in [6.07, 6.45) is -10.5. The van der Waals surface area contributed by atoms with Crippen LogP contribution in [0.15, 0.2) is 23.2 Å². The van der Waals surface area contributed by atoms with Crippen molar-refractivity contribution < 1.29 is 43.5 Å². The van der Waals surface area contributed by atoms with Crippen molar-refractivity contribution in [3.8, 4) is 10.7 Å². The van der Waals surface area contributed by atoms with Gasteiger partial charge >= 0.3 is 18.3 Å². The van der Waals surface area contributed by atoms with Crippen molar-refractivity contribution in [1.82, 2.24) is 15.0 Å². The molecular weight excluding hydrogens is 470 g/mol. The molecular formula is C15H9F8N3O2S2. The van der Waals surface area contributed by atoms with Crippen LogP contribution in [0.25, 0.3) is 21.9 Å². The van der Waals surface area contributed by atoms with E-state index in [0.717, 1.165) is 0 Å². The molecule has 3 rings (SSSR count). The van der Waals surface area contributed by atoms with E-state index in [1.807, 2.05) is 0 Å². The maximum Gasteiger partial charge on any atom is 0.458 e. The minimum atomic E-state index is -5.90. The number of halogens is 8. The van der Waals surface area contributed by atoms with E-state index in [2.05, 4.69) is 15.0 Å². The van der Waals surface area contributed by atoms with Gasteiger partial charge < -0.3 is 4.98 Å². The number of pyridine rings is 1. The summed E-state index contributed by atoms with van der Waals surface area (Å²) in [6.45, 7) is 1.20. The van der Waals surface area contributed by atoms with Crippen molar-refractivity contribution in [1.29, 1.82) is 0 Å². The fourth-order valence-corrected chi connectivity index (χ4v) is 4.84. The lowest BCUT2D eigenvalue weighted by molar-refractivity contribution is -0.289. The molecule has 0 fully saturated rings. The van der Waals surface area contributed by atoms with Gasteiger partial charge in [0.1, 0.15) is 4.88 Å². The van der Waals surface area contributed by atoms with Gasteiger partial charge in [-0.1, -0.05) is 6.92 Å². The number of fused-ring (bicyclic) bond motifs is 1. The van der Waals surface area contributed by atoms with Gasteiger partial charge in [0.05, 0.1) is 26.6 Å². The Morgan fingerprint density at radius 1 is 1.07 bits per heavy atom. The van der Waals surface area contributed by atoms with Crippen molar-refractivity contribution in [3.05, 3.63) is 28.8 Å². The summed E-state index contributed by atoms with van der Waals surface area (Å²) in [5.74, 6) is -6.23. The first-order valence-corrected chi connectivity index (χ1v) is 10.3. The molecule has 0 aliphatic rings. The number of hydrogen-bond donors (Lipinski definition) is 1. The van der Waals surface area contributed by atoms with Gasteiger partial charge in [-0.2, -0.15) is 35.1 Å². The van der Waals surface area contributed by atoms with E-state index in [-0.39, 0.29) is 23.2 Å². The van der Waals surface area contributed by atoms with Gasteiger partial charge in [-0.15, -0.1) is 11.3 Å². The summed E-state index contributed by atoms with van der Waals surface area (Å²) in [5, 5.41) is 0. The number of sulfone groups is 1. The van der Waals surface area contributed by atoms with Crippen LogP contribution in [0.1, 0.15) is 17.4 Å². The van der Waals surface area contributed by atoms with Gasteiger partial charge in [-0.3, -0.25) is 0 Å². The Kier molecular flexibility index (Phi) is 5.13. The second kappa shape index (κ2) is 6.87. The van der Waals surface area contributed by atoms with Crippen LogP contribution in [-0.4, -0.2) is 35.3 Å². The summed E-state index contributed by atoms with van der Waals surface area (Å²) in [7, 11) is -4.14. The molecule has 164 valence electrons. The molecule has 0 saturated heterocycles. The Labute approximate surface area is 166 Å². The zero-order valence-corrected chi connectivity index (χ0v) is 16.1. The van der Waals surface area contributed by atoms with Crippen LogP contribution in [0.5, 0.6) is 0 Å². The predicted octanol–water partition coefficient (Wildman–Crippen LogP) is 5.15. The highest BCUT2D eigenvalue weighted by molar-refractivity contribution is 7.91. The summed E-state index contributed by atoms with van der Waals surface area (Å²) in [4.78, 5) is 7.02. The Morgan fingerprint density at radius 3 is 2.23 bits per heavy atom. The number of aromatic nitrogens is 3. The molecule has 3 heterocycles. The molecule has 0 spiro atoms. The first-order valence-electron chi connectivity index (χ1n) is 7.83. The molecule has 0 amide bonds. The molecule has 0 aliphatic carbocycles. The highest BCUT2D eigenvalue weighted by atomic mass is 32.2. The third-order valence-electron chi connectivity index (χ3n) is 3.96. The first kappa shape index (κ1) is 22.4. The lowest BCUT2D eigenvalue weighted by Crippen LogP contribution is -2.33. The molecule has 0 unspecified atom stereocenters. The second-order valence-corrected chi connectivity index (χ2v) is 9.26. The third-order valence-corrected chi connectivity index (χ3v) is 7.03. The SMILES string of the molecule is CCS(=O)(=O)c1cc(C(F)(F)F)sc1-c1nc2ncc(C(F)(F)C(F)(F)F)cc2[nH]1. The quantitative estimate of drug-likeness (QED) is 0.525. The van der Waals surface area contributed by atoms with Gasteiger partial charge in [0, 0.05) is 6.20 Å². The number of imidazole rings is 1. The van der Waals surface area contributed by atoms with Gasteiger partial charge in [-0.05, 0) is 12.1 Å². The number of nitrogens with one attached hydrogen (secondary N) is 1. The molecule has 0 atom stereocenters. The minimum absolute atomic E-state index is 0.0372. The second-order valence-electron chi connectivity index (χ2n) is 5.96. The molecule has 0 bridgehead atoms. The fraction of sp³-hybridized carbons (Fsp3) is 0.333. The van der Waals surface area contributed by atoms with Crippen LogP contribution in [0, 0.1) is 0 Å². The van der Waals surface area contributed by atoms with Crippen molar-refractivity contribution in [3.63, 3.8) is 0 Å². The van der Waals surface area contributed by atoms with Crippen LogP contribution in [0.3, 0.4) is 0 Å². The molecule has 0 radical (unpaired) electrons. The smallest absolute Gasteiger partial charge is 0.336 e. The van der Waals surface area contributed by atoms with Gasteiger partial charge in [-0.25, -0.2) is 18.4 Å². The topological polar surface area (TPSA) is 75.7 Å². The van der Waals surface area contributed by atoms with Crippen LogP contribution < -0.4 is 0 Å². The zero-order valence-electron chi connectivity index (χ0n) is 14.5. The number of thiophene rings is 1. The van der Waals surface area contributed by atoms with E-state index in [1.165, 1.54) is 6.92 Å². The standard InChI is InChI=1S/C15H9F8N3O2S2/c1-2-30(27,28)8-4-9(14(18,19)20)29-10(8)12-25-7-3-6(5-24-11(7)26-12)13(16,17)15(21,22)23/h3-5H,2H2,1H3,(H,24,25,26). The van der Waals surface area contributed by atoms with E-state index in [4.69, 9.17) is 0 Å². The first-order chi connectivity index (χ1) is 13.6. The number of alkyl halides is 8. The van der Waals surface area contributed by atoms with Crippen LogP contribution in [-0.2, 0) is 21.9 Å². The Balaban J connectivity index is 2.20. The molecule has 3 aromatic heterocycles. The number of rotatable bonds is 4. The van der Waals surface area contributed by atoms with Crippen LogP contribution >= 0.6 is 11.3 Å². The number of H-pyrrole nitrogens is 1. The minimum Gasteiger partial charge on any atom is -0.336 e. The molecule has 1 N–H and O–H groups in total. The number of nitrogens with zero attached hydrogens (tertiary/aromatic N) is 2. The molecule has 15 heteroatoms. The highest BCUT2D eigenvalue weighted by Crippen LogP contribution is 2.45. The van der Waals surface area contributed by atoms with E-state index < -0.39 is 65.4 Å². The number of hydrogen-bond acceptors (Lipinski definition) is 5. The van der Waals surface area contributed by atoms with E-state index in [0.29, 0.717) is 12.1 Å². The van der Waals surface area contributed by atoms with Crippen molar-refractivity contribution >= 4 is 32.3 Å². The van der Waals surface area contributed by atoms with E-state index in [1.54, 1.807) is 0 Å². The largest absolute Gasteiger partial charge is 0.458 e. The van der Waals surface area contributed by atoms with Crippen molar-refractivity contribution in [2.45, 2.75) is 30.1 Å². The Hall–Kier alpha value is -2.29. The zero-order chi connectivity index (χ0) is 22.7. The molecule has 3 aromatic rings. The monoisotopic (exact) mass is 479 g/mol. The van der Waals surface area contributed by atoms with E-state index >= 15 is 0 Å². The molecule has 5 nitrogen and oxygen atoms in total.